The van der Waals surface area contributed by atoms with Crippen LogP contribution < -0.4 is 15.8 Å². The molecule has 136 valence electrons. The molecule has 0 atom stereocenters. The second-order valence-electron chi connectivity index (χ2n) is 5.77. The Morgan fingerprint density at radius 2 is 1.81 bits per heavy atom. The van der Waals surface area contributed by atoms with E-state index in [0.29, 0.717) is 11.3 Å². The van der Waals surface area contributed by atoms with Gasteiger partial charge in [-0.3, -0.25) is 4.57 Å². The normalized spacial score (nSPS) is 10.9. The van der Waals surface area contributed by atoms with Gasteiger partial charge >= 0.3 is 0 Å². The topological polar surface area (TPSA) is 104 Å². The third-order valence-corrected chi connectivity index (χ3v) is 3.99. The van der Waals surface area contributed by atoms with Crippen molar-refractivity contribution in [3.8, 4) is 11.7 Å². The third kappa shape index (κ3) is 3.10. The van der Waals surface area contributed by atoms with Gasteiger partial charge in [0, 0.05) is 5.69 Å². The molecule has 27 heavy (non-hydrogen) atoms. The van der Waals surface area contributed by atoms with Gasteiger partial charge in [0.15, 0.2) is 5.82 Å². The summed E-state index contributed by atoms with van der Waals surface area (Å²) >= 11 is 0. The lowest BCUT2D eigenvalue weighted by Gasteiger charge is -2.10. The largest absolute Gasteiger partial charge is 0.497 e. The zero-order valence-corrected chi connectivity index (χ0v) is 14.6. The second kappa shape index (κ2) is 6.52. The predicted molar refractivity (Wildman–Crippen MR) is 99.8 cm³/mol. The lowest BCUT2D eigenvalue weighted by molar-refractivity contribution is 0.415. The molecule has 2 aromatic carbocycles. The van der Waals surface area contributed by atoms with Crippen molar-refractivity contribution in [1.29, 1.82) is 0 Å². The van der Waals surface area contributed by atoms with E-state index >= 15 is 0 Å². The van der Waals surface area contributed by atoms with Gasteiger partial charge in [-0.1, -0.05) is 6.07 Å². The maximum Gasteiger partial charge on any atom is 0.242 e. The molecule has 0 aliphatic carbocycles. The van der Waals surface area contributed by atoms with Crippen LogP contribution >= 0.6 is 0 Å². The highest BCUT2D eigenvalue weighted by Gasteiger charge is 2.16. The number of methoxy groups -OCH3 is 1. The van der Waals surface area contributed by atoms with Crippen molar-refractivity contribution in [3.05, 3.63) is 54.1 Å². The summed E-state index contributed by atoms with van der Waals surface area (Å²) in [6.45, 7) is 1.75. The molecule has 4 aromatic rings. The second-order valence-corrected chi connectivity index (χ2v) is 5.77. The van der Waals surface area contributed by atoms with Gasteiger partial charge in [-0.2, -0.15) is 15.0 Å². The van der Waals surface area contributed by atoms with E-state index in [0.717, 1.165) is 11.4 Å². The number of hydrogen-bond donors (Lipinski definition) is 2. The highest BCUT2D eigenvalue weighted by atomic mass is 19.1. The number of nitrogens with zero attached hydrogens (tertiary/aromatic N) is 5. The lowest BCUT2D eigenvalue weighted by atomic mass is 10.3. The van der Waals surface area contributed by atoms with Gasteiger partial charge in [-0.15, -0.1) is 0 Å². The molecule has 0 saturated carbocycles. The number of nitrogens with two attached hydrogens (primary N) is 1. The first-order valence-corrected chi connectivity index (χ1v) is 8.12. The molecule has 2 heterocycles. The van der Waals surface area contributed by atoms with E-state index < -0.39 is 5.82 Å². The number of ether oxygens (including phenoxy) is 1. The van der Waals surface area contributed by atoms with Crippen LogP contribution in [-0.2, 0) is 0 Å². The molecule has 2 aromatic heterocycles. The molecule has 0 bridgehead atoms. The third-order valence-electron chi connectivity index (χ3n) is 3.99. The summed E-state index contributed by atoms with van der Waals surface area (Å²) in [5, 5.41) is 3.07. The van der Waals surface area contributed by atoms with E-state index in [1.165, 1.54) is 6.07 Å². The summed E-state index contributed by atoms with van der Waals surface area (Å²) < 4.78 is 20.8. The number of benzene rings is 2. The zero-order chi connectivity index (χ0) is 19.0. The Morgan fingerprint density at radius 3 is 2.56 bits per heavy atom. The van der Waals surface area contributed by atoms with Crippen molar-refractivity contribution in [1.82, 2.24) is 24.5 Å². The van der Waals surface area contributed by atoms with E-state index in [2.05, 4.69) is 25.3 Å². The number of halogens is 1. The van der Waals surface area contributed by atoms with Gasteiger partial charge in [0.1, 0.15) is 17.1 Å². The first-order chi connectivity index (χ1) is 13.0. The molecule has 0 amide bonds. The summed E-state index contributed by atoms with van der Waals surface area (Å²) in [7, 11) is 1.60. The smallest absolute Gasteiger partial charge is 0.242 e. The molecule has 0 aliphatic heterocycles. The Bertz CT molecular complexity index is 1120. The minimum absolute atomic E-state index is 0.0358. The molecule has 0 saturated heterocycles. The van der Waals surface area contributed by atoms with Crippen LogP contribution in [0, 0.1) is 12.7 Å². The molecule has 3 N–H and O–H groups in total. The summed E-state index contributed by atoms with van der Waals surface area (Å²) in [5.74, 6) is 1.42. The highest BCUT2D eigenvalue weighted by molar-refractivity contribution is 5.78. The predicted octanol–water partition coefficient (Wildman–Crippen LogP) is 2.99. The monoisotopic (exact) mass is 365 g/mol. The fraction of sp³-hybridized carbons (Fsp3) is 0.111. The van der Waals surface area contributed by atoms with Crippen LogP contribution in [0.5, 0.6) is 5.75 Å². The van der Waals surface area contributed by atoms with Gasteiger partial charge in [0.05, 0.1) is 12.6 Å². The van der Waals surface area contributed by atoms with Gasteiger partial charge in [0.2, 0.25) is 17.8 Å². The molecular weight excluding hydrogens is 349 g/mol. The number of imidazole rings is 1. The molecule has 0 unspecified atom stereocenters. The molecule has 0 aliphatic rings. The molecular formula is C18H16FN7O. The number of aryl methyl sites for hydroxylation is 1. The molecule has 9 heteroatoms. The maximum atomic E-state index is 14.0. The molecule has 0 fully saturated rings. The number of nitrogens with one attached hydrogen (secondary N) is 1. The first kappa shape index (κ1) is 16.7. The van der Waals surface area contributed by atoms with Crippen molar-refractivity contribution < 1.29 is 9.13 Å². The number of nitrogen functional groups attached to an aromatic ring is 1. The average Bonchev–Trinajstić information content (AvgIpc) is 2.99. The number of para-hydroxylation sites is 1. The summed E-state index contributed by atoms with van der Waals surface area (Å²) in [5.41, 5.74) is 7.41. The van der Waals surface area contributed by atoms with E-state index in [1.807, 2.05) is 24.3 Å². The van der Waals surface area contributed by atoms with E-state index in [-0.39, 0.29) is 23.4 Å². The molecule has 0 radical (unpaired) electrons. The van der Waals surface area contributed by atoms with Crippen LogP contribution in [0.1, 0.15) is 5.82 Å². The number of hydrogen-bond acceptors (Lipinski definition) is 7. The summed E-state index contributed by atoms with van der Waals surface area (Å²) in [6, 6.07) is 12.0. The zero-order valence-electron chi connectivity index (χ0n) is 14.6. The number of anilines is 3. The Balaban J connectivity index is 1.77. The van der Waals surface area contributed by atoms with Crippen LogP contribution in [-0.4, -0.2) is 31.6 Å². The van der Waals surface area contributed by atoms with Crippen LogP contribution in [0.3, 0.4) is 0 Å². The minimum Gasteiger partial charge on any atom is -0.497 e. The van der Waals surface area contributed by atoms with E-state index in [4.69, 9.17) is 10.5 Å². The van der Waals surface area contributed by atoms with E-state index in [9.17, 15) is 4.39 Å². The standard InChI is InChI=1S/C18H16FN7O/c1-10-21-15-13(19)4-3-5-14(15)26(10)18-24-16(20)23-17(25-18)22-11-6-8-12(27-2)9-7-11/h3-9H,1-2H3,(H3,20,22,23,24,25). The molecule has 4 rings (SSSR count). The highest BCUT2D eigenvalue weighted by Crippen LogP contribution is 2.23. The SMILES string of the molecule is COc1ccc(Nc2nc(N)nc(-n3c(C)nc4c(F)cccc43)n2)cc1. The average molecular weight is 365 g/mol. The van der Waals surface area contributed by atoms with Crippen LogP contribution in [0.25, 0.3) is 17.0 Å². The number of aromatic nitrogens is 5. The van der Waals surface area contributed by atoms with E-state index in [1.54, 1.807) is 30.7 Å². The van der Waals surface area contributed by atoms with Crippen molar-refractivity contribution in [2.45, 2.75) is 6.92 Å². The van der Waals surface area contributed by atoms with Crippen molar-refractivity contribution in [2.24, 2.45) is 0 Å². The summed E-state index contributed by atoms with van der Waals surface area (Å²) in [6.07, 6.45) is 0. The Hall–Kier alpha value is -3.75. The van der Waals surface area contributed by atoms with Crippen LogP contribution in [0.2, 0.25) is 0 Å². The van der Waals surface area contributed by atoms with Gasteiger partial charge in [-0.05, 0) is 43.3 Å². The summed E-state index contributed by atoms with van der Waals surface area (Å²) in [4.78, 5) is 17.0. The Kier molecular flexibility index (Phi) is 4.03. The van der Waals surface area contributed by atoms with Crippen LogP contribution in [0.15, 0.2) is 42.5 Å². The maximum absolute atomic E-state index is 14.0. The van der Waals surface area contributed by atoms with Crippen LogP contribution in [0.4, 0.5) is 22.0 Å². The van der Waals surface area contributed by atoms with Gasteiger partial charge < -0.3 is 15.8 Å². The fourth-order valence-corrected chi connectivity index (χ4v) is 2.77. The minimum atomic E-state index is -0.409. The van der Waals surface area contributed by atoms with Crippen molar-refractivity contribution in [2.75, 3.05) is 18.2 Å². The Morgan fingerprint density at radius 1 is 1.04 bits per heavy atom. The van der Waals surface area contributed by atoms with Gasteiger partial charge in [0.25, 0.3) is 0 Å². The quantitative estimate of drug-likeness (QED) is 0.573. The van der Waals surface area contributed by atoms with Crippen molar-refractivity contribution in [3.63, 3.8) is 0 Å². The lowest BCUT2D eigenvalue weighted by Crippen LogP contribution is -2.10. The van der Waals surface area contributed by atoms with Crippen molar-refractivity contribution >= 4 is 28.6 Å². The molecule has 0 spiro atoms. The number of rotatable bonds is 4. The fourth-order valence-electron chi connectivity index (χ4n) is 2.77. The van der Waals surface area contributed by atoms with Gasteiger partial charge in [-0.25, -0.2) is 9.37 Å². The Labute approximate surface area is 153 Å². The first-order valence-electron chi connectivity index (χ1n) is 8.12. The number of fused-ring (bicyclic) bond motifs is 1. The molecule has 8 nitrogen and oxygen atoms in total.